The number of rotatable bonds is 4. The van der Waals surface area contributed by atoms with Crippen molar-refractivity contribution in [2.45, 2.75) is 20.8 Å². The van der Waals surface area contributed by atoms with Crippen LogP contribution in [0.3, 0.4) is 0 Å². The van der Waals surface area contributed by atoms with Gasteiger partial charge < -0.3 is 10.6 Å². The van der Waals surface area contributed by atoms with Crippen LogP contribution in [0.4, 0.5) is 26.1 Å². The Morgan fingerprint density at radius 2 is 1.74 bits per heavy atom. The predicted molar refractivity (Wildman–Crippen MR) is 100 cm³/mol. The summed E-state index contributed by atoms with van der Waals surface area (Å²) >= 11 is 0. The van der Waals surface area contributed by atoms with Gasteiger partial charge in [0, 0.05) is 23.1 Å². The Balaban J connectivity index is 1.85. The number of hydrogen-bond donors (Lipinski definition) is 2. The van der Waals surface area contributed by atoms with Gasteiger partial charge in [-0.25, -0.2) is 18.7 Å². The third-order valence-electron chi connectivity index (χ3n) is 4.12. The summed E-state index contributed by atoms with van der Waals surface area (Å²) in [5, 5.41) is 5.62. The lowest BCUT2D eigenvalue weighted by Gasteiger charge is -2.12. The largest absolute Gasteiger partial charge is 0.324 e. The van der Waals surface area contributed by atoms with Gasteiger partial charge in [-0.1, -0.05) is 12.1 Å². The second kappa shape index (κ2) is 7.49. The zero-order chi connectivity index (χ0) is 19.6. The SMILES string of the molecule is Cc1cc(C(=O)Nc2ccc(F)c(F)c2)nc(Nc2cccc(C)c2C)n1. The topological polar surface area (TPSA) is 66.9 Å². The van der Waals surface area contributed by atoms with E-state index >= 15 is 0 Å². The summed E-state index contributed by atoms with van der Waals surface area (Å²) in [5.41, 5.74) is 3.85. The Morgan fingerprint density at radius 1 is 0.963 bits per heavy atom. The first-order valence-corrected chi connectivity index (χ1v) is 8.29. The van der Waals surface area contributed by atoms with Gasteiger partial charge in [0.2, 0.25) is 5.95 Å². The van der Waals surface area contributed by atoms with Crippen LogP contribution < -0.4 is 10.6 Å². The molecule has 0 aliphatic carbocycles. The molecule has 0 spiro atoms. The Morgan fingerprint density at radius 3 is 2.48 bits per heavy atom. The molecule has 0 aliphatic rings. The first-order chi connectivity index (χ1) is 12.8. The molecule has 0 atom stereocenters. The van der Waals surface area contributed by atoms with Crippen LogP contribution in [-0.2, 0) is 0 Å². The average molecular weight is 368 g/mol. The van der Waals surface area contributed by atoms with Crippen LogP contribution in [0.25, 0.3) is 0 Å². The van der Waals surface area contributed by atoms with E-state index in [4.69, 9.17) is 0 Å². The Kier molecular flexibility index (Phi) is 5.12. The number of aromatic nitrogens is 2. The molecule has 0 aliphatic heterocycles. The predicted octanol–water partition coefficient (Wildman–Crippen LogP) is 4.68. The minimum absolute atomic E-state index is 0.111. The van der Waals surface area contributed by atoms with E-state index in [1.165, 1.54) is 12.1 Å². The van der Waals surface area contributed by atoms with Gasteiger partial charge in [0.05, 0.1) is 0 Å². The fourth-order valence-corrected chi connectivity index (χ4v) is 2.52. The van der Waals surface area contributed by atoms with Gasteiger partial charge in [0.15, 0.2) is 11.6 Å². The van der Waals surface area contributed by atoms with Crippen molar-refractivity contribution in [3.05, 3.63) is 76.6 Å². The Hall–Kier alpha value is -3.35. The molecule has 0 saturated heterocycles. The van der Waals surface area contributed by atoms with Crippen molar-refractivity contribution in [1.29, 1.82) is 0 Å². The van der Waals surface area contributed by atoms with Crippen molar-refractivity contribution in [2.24, 2.45) is 0 Å². The molecular formula is C20H18F2N4O. The second-order valence-electron chi connectivity index (χ2n) is 6.17. The van der Waals surface area contributed by atoms with E-state index in [1.54, 1.807) is 6.92 Å². The number of aryl methyl sites for hydroxylation is 2. The maximum Gasteiger partial charge on any atom is 0.274 e. The van der Waals surface area contributed by atoms with E-state index < -0.39 is 17.5 Å². The van der Waals surface area contributed by atoms with Gasteiger partial charge in [0.25, 0.3) is 5.91 Å². The number of anilines is 3. The molecule has 0 saturated carbocycles. The fraction of sp³-hybridized carbons (Fsp3) is 0.150. The van der Waals surface area contributed by atoms with Crippen LogP contribution in [0.1, 0.15) is 27.3 Å². The van der Waals surface area contributed by atoms with E-state index in [-0.39, 0.29) is 17.3 Å². The zero-order valence-electron chi connectivity index (χ0n) is 15.1. The lowest BCUT2D eigenvalue weighted by Crippen LogP contribution is -2.16. The number of carbonyl (C=O) groups excluding carboxylic acids is 1. The lowest BCUT2D eigenvalue weighted by molar-refractivity contribution is 0.102. The molecular weight excluding hydrogens is 350 g/mol. The van der Waals surface area contributed by atoms with Crippen LogP contribution >= 0.6 is 0 Å². The van der Waals surface area contributed by atoms with E-state index in [1.807, 2.05) is 32.0 Å². The molecule has 2 aromatic carbocycles. The maximum absolute atomic E-state index is 13.3. The number of nitrogens with one attached hydrogen (secondary N) is 2. The molecule has 27 heavy (non-hydrogen) atoms. The first kappa shape index (κ1) is 18.4. The summed E-state index contributed by atoms with van der Waals surface area (Å²) in [6, 6.07) is 10.5. The Labute approximate surface area is 155 Å². The first-order valence-electron chi connectivity index (χ1n) is 8.29. The van der Waals surface area contributed by atoms with E-state index in [0.717, 1.165) is 28.9 Å². The molecule has 1 aromatic heterocycles. The third-order valence-corrected chi connectivity index (χ3v) is 4.12. The summed E-state index contributed by atoms with van der Waals surface area (Å²) in [6.07, 6.45) is 0. The van der Waals surface area contributed by atoms with Crippen LogP contribution in [-0.4, -0.2) is 15.9 Å². The van der Waals surface area contributed by atoms with E-state index in [0.29, 0.717) is 5.69 Å². The number of halogens is 2. The van der Waals surface area contributed by atoms with Crippen molar-refractivity contribution in [3.63, 3.8) is 0 Å². The Bertz CT molecular complexity index is 1020. The minimum Gasteiger partial charge on any atom is -0.324 e. The van der Waals surface area contributed by atoms with Crippen LogP contribution in [0.2, 0.25) is 0 Å². The molecule has 0 unspecified atom stereocenters. The van der Waals surface area contributed by atoms with E-state index in [9.17, 15) is 13.6 Å². The van der Waals surface area contributed by atoms with Gasteiger partial charge in [-0.05, 0) is 56.2 Å². The van der Waals surface area contributed by atoms with Gasteiger partial charge in [-0.2, -0.15) is 0 Å². The fourth-order valence-electron chi connectivity index (χ4n) is 2.52. The van der Waals surface area contributed by atoms with Crippen LogP contribution in [0.5, 0.6) is 0 Å². The van der Waals surface area contributed by atoms with Gasteiger partial charge >= 0.3 is 0 Å². The number of carbonyl (C=O) groups is 1. The van der Waals surface area contributed by atoms with Gasteiger partial charge in [-0.15, -0.1) is 0 Å². The normalized spacial score (nSPS) is 10.6. The summed E-state index contributed by atoms with van der Waals surface area (Å²) in [7, 11) is 0. The molecule has 3 rings (SSSR count). The monoisotopic (exact) mass is 368 g/mol. The molecule has 2 N–H and O–H groups in total. The number of hydrogen-bond acceptors (Lipinski definition) is 4. The molecule has 5 nitrogen and oxygen atoms in total. The smallest absolute Gasteiger partial charge is 0.274 e. The lowest BCUT2D eigenvalue weighted by atomic mass is 10.1. The van der Waals surface area contributed by atoms with Crippen molar-refractivity contribution in [3.8, 4) is 0 Å². The van der Waals surface area contributed by atoms with Gasteiger partial charge in [-0.3, -0.25) is 4.79 Å². The molecule has 138 valence electrons. The highest BCUT2D eigenvalue weighted by atomic mass is 19.2. The van der Waals surface area contributed by atoms with Crippen molar-refractivity contribution < 1.29 is 13.6 Å². The second-order valence-corrected chi connectivity index (χ2v) is 6.17. The highest BCUT2D eigenvalue weighted by Gasteiger charge is 2.13. The molecule has 1 amide bonds. The highest BCUT2D eigenvalue weighted by molar-refractivity contribution is 6.03. The third kappa shape index (κ3) is 4.25. The van der Waals surface area contributed by atoms with Gasteiger partial charge in [0.1, 0.15) is 5.69 Å². The van der Waals surface area contributed by atoms with Crippen molar-refractivity contribution in [2.75, 3.05) is 10.6 Å². The molecule has 0 fully saturated rings. The summed E-state index contributed by atoms with van der Waals surface area (Å²) in [6.45, 7) is 5.72. The maximum atomic E-state index is 13.3. The summed E-state index contributed by atoms with van der Waals surface area (Å²) in [5.74, 6) is -2.29. The van der Waals surface area contributed by atoms with Crippen LogP contribution in [0, 0.1) is 32.4 Å². The van der Waals surface area contributed by atoms with E-state index in [2.05, 4.69) is 20.6 Å². The quantitative estimate of drug-likeness (QED) is 0.702. The molecule has 0 bridgehead atoms. The molecule has 1 heterocycles. The van der Waals surface area contributed by atoms with Crippen LogP contribution in [0.15, 0.2) is 42.5 Å². The summed E-state index contributed by atoms with van der Waals surface area (Å²) in [4.78, 5) is 21.0. The number of nitrogens with zero attached hydrogens (tertiary/aromatic N) is 2. The minimum atomic E-state index is -1.04. The zero-order valence-corrected chi connectivity index (χ0v) is 15.1. The molecule has 7 heteroatoms. The van der Waals surface area contributed by atoms with Crippen molar-refractivity contribution >= 4 is 23.2 Å². The van der Waals surface area contributed by atoms with Crippen molar-refractivity contribution in [1.82, 2.24) is 9.97 Å². The standard InChI is InChI=1S/C20H18F2N4O/c1-11-5-4-6-17(13(11)3)25-20-23-12(2)9-18(26-20)19(27)24-14-7-8-15(21)16(22)10-14/h4-10H,1-3H3,(H,24,27)(H,23,25,26). The average Bonchev–Trinajstić information content (AvgIpc) is 2.61. The molecule has 3 aromatic rings. The molecule has 0 radical (unpaired) electrons. The highest BCUT2D eigenvalue weighted by Crippen LogP contribution is 2.21. The number of amides is 1. The summed E-state index contributed by atoms with van der Waals surface area (Å²) < 4.78 is 26.3. The number of benzene rings is 2.